The smallest absolute Gasteiger partial charge is 0.241 e. The second-order valence-electron chi connectivity index (χ2n) is 6.47. The van der Waals surface area contributed by atoms with Gasteiger partial charge < -0.3 is 9.47 Å². The largest absolute Gasteiger partial charge is 0.486 e. The van der Waals surface area contributed by atoms with Crippen molar-refractivity contribution in [3.05, 3.63) is 76.0 Å². The molecule has 0 amide bonds. The molecule has 146 valence electrons. The van der Waals surface area contributed by atoms with Gasteiger partial charge in [0.1, 0.15) is 13.2 Å². The van der Waals surface area contributed by atoms with E-state index in [1.807, 2.05) is 41.8 Å². The summed E-state index contributed by atoms with van der Waals surface area (Å²) in [4.78, 5) is 1.09. The van der Waals surface area contributed by atoms with Gasteiger partial charge in [0.2, 0.25) is 10.0 Å². The van der Waals surface area contributed by atoms with Crippen LogP contribution in [-0.2, 0) is 16.4 Å². The molecule has 1 atom stereocenters. The van der Waals surface area contributed by atoms with Gasteiger partial charge in [-0.25, -0.2) is 8.42 Å². The van der Waals surface area contributed by atoms with Crippen molar-refractivity contribution in [2.45, 2.75) is 24.3 Å². The van der Waals surface area contributed by atoms with Gasteiger partial charge in [0.05, 0.1) is 10.9 Å². The number of nitrogens with one attached hydrogen (secondary N) is 1. The van der Waals surface area contributed by atoms with Gasteiger partial charge in [-0.05, 0) is 41.1 Å². The van der Waals surface area contributed by atoms with E-state index in [1.54, 1.807) is 12.1 Å². The Balaban J connectivity index is 1.67. The molecule has 28 heavy (non-hydrogen) atoms. The quantitative estimate of drug-likeness (QED) is 0.657. The van der Waals surface area contributed by atoms with Crippen molar-refractivity contribution in [2.24, 2.45) is 0 Å². The maximum Gasteiger partial charge on any atom is 0.241 e. The van der Waals surface area contributed by atoms with Crippen LogP contribution in [0.15, 0.2) is 64.9 Å². The first-order valence-corrected chi connectivity index (χ1v) is 11.5. The molecule has 2 heterocycles. The lowest BCUT2D eigenvalue weighted by Gasteiger charge is -2.21. The molecule has 1 aromatic heterocycles. The Morgan fingerprint density at radius 3 is 2.46 bits per heavy atom. The average molecular weight is 416 g/mol. The number of aryl methyl sites for hydroxylation is 1. The monoisotopic (exact) mass is 415 g/mol. The van der Waals surface area contributed by atoms with Crippen molar-refractivity contribution >= 4 is 21.4 Å². The number of sulfonamides is 1. The van der Waals surface area contributed by atoms with Gasteiger partial charge in [-0.15, -0.1) is 11.3 Å². The van der Waals surface area contributed by atoms with Crippen LogP contribution in [0.5, 0.6) is 11.5 Å². The molecule has 3 aromatic rings. The molecule has 4 rings (SSSR count). The normalized spacial score (nSPS) is 14.6. The molecule has 1 N–H and O–H groups in total. The van der Waals surface area contributed by atoms with Gasteiger partial charge >= 0.3 is 0 Å². The number of hydrogen-bond donors (Lipinski definition) is 1. The third-order valence-corrected chi connectivity index (χ3v) is 7.00. The maximum atomic E-state index is 13.1. The first kappa shape index (κ1) is 19.0. The maximum absolute atomic E-state index is 13.1. The molecule has 2 aromatic carbocycles. The lowest BCUT2D eigenvalue weighted by atomic mass is 10.0. The zero-order valence-corrected chi connectivity index (χ0v) is 17.1. The molecule has 0 radical (unpaired) electrons. The van der Waals surface area contributed by atoms with E-state index in [9.17, 15) is 8.42 Å². The Morgan fingerprint density at radius 2 is 1.79 bits per heavy atom. The van der Waals surface area contributed by atoms with E-state index in [4.69, 9.17) is 9.47 Å². The summed E-state index contributed by atoms with van der Waals surface area (Å²) in [6.45, 7) is 2.97. The number of rotatable bonds is 6. The second kappa shape index (κ2) is 7.95. The first-order chi connectivity index (χ1) is 13.6. The number of hydrogen-bond acceptors (Lipinski definition) is 5. The number of ether oxygens (including phenoxy) is 2. The van der Waals surface area contributed by atoms with E-state index in [-0.39, 0.29) is 4.90 Å². The van der Waals surface area contributed by atoms with Crippen LogP contribution in [0.3, 0.4) is 0 Å². The van der Waals surface area contributed by atoms with Gasteiger partial charge in [0.25, 0.3) is 0 Å². The van der Waals surface area contributed by atoms with Crippen LogP contribution in [0, 0.1) is 0 Å². The molecular formula is C21H21NO4S2. The van der Waals surface area contributed by atoms with Gasteiger partial charge in [-0.3, -0.25) is 0 Å². The highest BCUT2D eigenvalue weighted by molar-refractivity contribution is 7.89. The lowest BCUT2D eigenvalue weighted by molar-refractivity contribution is 0.171. The van der Waals surface area contributed by atoms with Gasteiger partial charge in [-0.1, -0.05) is 37.3 Å². The zero-order chi connectivity index (χ0) is 19.6. The highest BCUT2D eigenvalue weighted by atomic mass is 32.2. The van der Waals surface area contributed by atoms with E-state index in [0.717, 1.165) is 16.9 Å². The molecule has 0 bridgehead atoms. The second-order valence-corrected chi connectivity index (χ2v) is 9.16. The van der Waals surface area contributed by atoms with E-state index in [0.29, 0.717) is 24.7 Å². The minimum absolute atomic E-state index is 0.156. The van der Waals surface area contributed by atoms with Crippen LogP contribution in [0.2, 0.25) is 0 Å². The highest BCUT2D eigenvalue weighted by Gasteiger charge is 2.25. The van der Waals surface area contributed by atoms with Gasteiger partial charge in [0.15, 0.2) is 11.5 Å². The summed E-state index contributed by atoms with van der Waals surface area (Å²) in [6.07, 6.45) is 0.937. The highest BCUT2D eigenvalue weighted by Crippen LogP contribution is 2.33. The summed E-state index contributed by atoms with van der Waals surface area (Å²) in [7, 11) is -3.76. The topological polar surface area (TPSA) is 64.6 Å². The van der Waals surface area contributed by atoms with Crippen LogP contribution < -0.4 is 14.2 Å². The zero-order valence-electron chi connectivity index (χ0n) is 15.4. The third-order valence-electron chi connectivity index (χ3n) is 4.65. The molecule has 0 aliphatic carbocycles. The molecule has 1 unspecified atom stereocenters. The Morgan fingerprint density at radius 1 is 1.04 bits per heavy atom. The van der Waals surface area contributed by atoms with Crippen molar-refractivity contribution in [2.75, 3.05) is 13.2 Å². The fraction of sp³-hybridized carbons (Fsp3) is 0.238. The molecule has 1 aliphatic heterocycles. The standard InChI is InChI=1S/C21H21NO4S2/c1-2-15-5-7-16(8-6-15)21(20-4-3-13-27-20)22-28(23,24)17-9-10-18-19(14-17)26-12-11-25-18/h3-10,13-14,21-22H,2,11-12H2,1H3. The number of benzene rings is 2. The SMILES string of the molecule is CCc1ccc(C(NS(=O)(=O)c2ccc3c(c2)OCCO3)c2cccs2)cc1. The summed E-state index contributed by atoms with van der Waals surface area (Å²) in [5, 5.41) is 1.95. The molecule has 1 aliphatic rings. The van der Waals surface area contributed by atoms with Crippen LogP contribution in [0.25, 0.3) is 0 Å². The fourth-order valence-corrected chi connectivity index (χ4v) is 5.20. The summed E-state index contributed by atoms with van der Waals surface area (Å²) in [6, 6.07) is 16.1. The summed E-state index contributed by atoms with van der Waals surface area (Å²) < 4.78 is 40.1. The lowest BCUT2D eigenvalue weighted by Crippen LogP contribution is -2.29. The Kier molecular flexibility index (Phi) is 5.39. The van der Waals surface area contributed by atoms with Crippen LogP contribution in [0.1, 0.15) is 29.0 Å². The molecule has 0 saturated carbocycles. The molecule has 0 spiro atoms. The third kappa shape index (κ3) is 3.92. The predicted molar refractivity (Wildman–Crippen MR) is 110 cm³/mol. The summed E-state index contributed by atoms with van der Waals surface area (Å²) in [5.74, 6) is 1.02. The van der Waals surface area contributed by atoms with Crippen molar-refractivity contribution in [1.29, 1.82) is 0 Å². The minimum atomic E-state index is -3.76. The summed E-state index contributed by atoms with van der Waals surface area (Å²) >= 11 is 1.52. The molecule has 5 nitrogen and oxygen atoms in total. The van der Waals surface area contributed by atoms with E-state index in [2.05, 4.69) is 11.6 Å². The van der Waals surface area contributed by atoms with E-state index in [1.165, 1.54) is 23.0 Å². The van der Waals surface area contributed by atoms with Crippen molar-refractivity contribution in [3.63, 3.8) is 0 Å². The van der Waals surface area contributed by atoms with Crippen LogP contribution >= 0.6 is 11.3 Å². The fourth-order valence-electron chi connectivity index (χ4n) is 3.11. The first-order valence-electron chi connectivity index (χ1n) is 9.11. The predicted octanol–water partition coefficient (Wildman–Crippen LogP) is 4.15. The summed E-state index contributed by atoms with van der Waals surface area (Å²) in [5.41, 5.74) is 2.11. The number of fused-ring (bicyclic) bond motifs is 1. The van der Waals surface area contributed by atoms with Gasteiger partial charge in [0, 0.05) is 10.9 Å². The molecular weight excluding hydrogens is 394 g/mol. The van der Waals surface area contributed by atoms with Crippen molar-refractivity contribution in [1.82, 2.24) is 4.72 Å². The van der Waals surface area contributed by atoms with Gasteiger partial charge in [-0.2, -0.15) is 4.72 Å². The van der Waals surface area contributed by atoms with E-state index >= 15 is 0 Å². The van der Waals surface area contributed by atoms with E-state index < -0.39 is 16.1 Å². The van der Waals surface area contributed by atoms with Crippen molar-refractivity contribution in [3.8, 4) is 11.5 Å². The molecule has 0 fully saturated rings. The number of thiophene rings is 1. The molecule has 0 saturated heterocycles. The van der Waals surface area contributed by atoms with Crippen molar-refractivity contribution < 1.29 is 17.9 Å². The Labute approximate surface area is 169 Å². The Hall–Kier alpha value is -2.35. The van der Waals surface area contributed by atoms with Crippen LogP contribution in [-0.4, -0.2) is 21.6 Å². The Bertz CT molecular complexity index is 1040. The average Bonchev–Trinajstić information content (AvgIpc) is 3.26. The minimum Gasteiger partial charge on any atom is -0.486 e. The van der Waals surface area contributed by atoms with Crippen LogP contribution in [0.4, 0.5) is 0 Å². The molecule has 7 heteroatoms.